The average Bonchev–Trinajstić information content (AvgIpc) is 2.45. The van der Waals surface area contributed by atoms with E-state index in [0.29, 0.717) is 0 Å². The second-order valence-corrected chi connectivity index (χ2v) is 4.91. The van der Waals surface area contributed by atoms with Gasteiger partial charge in [-0.1, -0.05) is 6.92 Å². The van der Waals surface area contributed by atoms with Crippen LogP contribution in [0.5, 0.6) is 5.75 Å². The Labute approximate surface area is 120 Å². The summed E-state index contributed by atoms with van der Waals surface area (Å²) in [5.41, 5.74) is 1.90. The van der Waals surface area contributed by atoms with Crippen LogP contribution in [0.3, 0.4) is 0 Å². The minimum atomic E-state index is 0.183. The van der Waals surface area contributed by atoms with E-state index in [2.05, 4.69) is 22.2 Å². The van der Waals surface area contributed by atoms with Gasteiger partial charge in [0.1, 0.15) is 11.6 Å². The molecule has 0 aliphatic carbocycles. The summed E-state index contributed by atoms with van der Waals surface area (Å²) in [4.78, 5) is 8.79. The van der Waals surface area contributed by atoms with E-state index in [1.54, 1.807) is 12.4 Å². The predicted octanol–water partition coefficient (Wildman–Crippen LogP) is 3.75. The van der Waals surface area contributed by atoms with Crippen LogP contribution in [0.15, 0.2) is 36.7 Å². The number of benzene rings is 1. The summed E-state index contributed by atoms with van der Waals surface area (Å²) in [6.07, 6.45) is 4.76. The molecule has 0 aliphatic heterocycles. The predicted molar refractivity (Wildman–Crippen MR) is 82.0 cm³/mol. The average molecular weight is 271 g/mol. The van der Waals surface area contributed by atoms with Crippen molar-refractivity contribution in [3.8, 4) is 17.0 Å². The van der Waals surface area contributed by atoms with Gasteiger partial charge in [0.2, 0.25) is 0 Å². The largest absolute Gasteiger partial charge is 0.491 e. The van der Waals surface area contributed by atoms with E-state index >= 15 is 0 Å². The number of hydrogen-bond acceptors (Lipinski definition) is 4. The van der Waals surface area contributed by atoms with Crippen LogP contribution in [-0.4, -0.2) is 22.6 Å². The van der Waals surface area contributed by atoms with Crippen LogP contribution in [0.1, 0.15) is 27.2 Å². The van der Waals surface area contributed by atoms with Gasteiger partial charge in [-0.2, -0.15) is 0 Å². The van der Waals surface area contributed by atoms with Gasteiger partial charge in [-0.3, -0.25) is 4.98 Å². The van der Waals surface area contributed by atoms with Crippen molar-refractivity contribution in [2.45, 2.75) is 33.3 Å². The summed E-state index contributed by atoms with van der Waals surface area (Å²) in [6.45, 7) is 7.06. The second kappa shape index (κ2) is 6.89. The molecule has 0 spiro atoms. The lowest BCUT2D eigenvalue weighted by atomic mass is 10.1. The molecular weight excluding hydrogens is 250 g/mol. The van der Waals surface area contributed by atoms with E-state index in [9.17, 15) is 0 Å². The Morgan fingerprint density at radius 3 is 2.55 bits per heavy atom. The first kappa shape index (κ1) is 14.3. The molecule has 106 valence electrons. The summed E-state index contributed by atoms with van der Waals surface area (Å²) in [7, 11) is 0. The zero-order valence-electron chi connectivity index (χ0n) is 12.3. The van der Waals surface area contributed by atoms with Crippen LogP contribution in [0, 0.1) is 0 Å². The van der Waals surface area contributed by atoms with Crippen LogP contribution in [0.25, 0.3) is 11.3 Å². The van der Waals surface area contributed by atoms with Gasteiger partial charge in [-0.25, -0.2) is 4.98 Å². The number of hydrogen-bond donors (Lipinski definition) is 1. The van der Waals surface area contributed by atoms with Gasteiger partial charge in [0.25, 0.3) is 0 Å². The number of nitrogens with one attached hydrogen (secondary N) is 1. The molecule has 1 aromatic heterocycles. The van der Waals surface area contributed by atoms with Gasteiger partial charge in [-0.05, 0) is 44.5 Å². The first-order chi connectivity index (χ1) is 9.69. The van der Waals surface area contributed by atoms with Crippen molar-refractivity contribution in [1.82, 2.24) is 9.97 Å². The topological polar surface area (TPSA) is 47.0 Å². The highest BCUT2D eigenvalue weighted by Gasteiger charge is 2.03. The van der Waals surface area contributed by atoms with Crippen LogP contribution in [0.2, 0.25) is 0 Å². The van der Waals surface area contributed by atoms with Crippen molar-refractivity contribution in [3.05, 3.63) is 36.7 Å². The van der Waals surface area contributed by atoms with Gasteiger partial charge in [0.15, 0.2) is 0 Å². The van der Waals surface area contributed by atoms with Gasteiger partial charge < -0.3 is 10.1 Å². The molecule has 1 N–H and O–H groups in total. The van der Waals surface area contributed by atoms with Crippen molar-refractivity contribution < 1.29 is 4.74 Å². The van der Waals surface area contributed by atoms with Crippen molar-refractivity contribution in [3.63, 3.8) is 0 Å². The lowest BCUT2D eigenvalue weighted by molar-refractivity contribution is 0.242. The lowest BCUT2D eigenvalue weighted by Gasteiger charge is -2.10. The quantitative estimate of drug-likeness (QED) is 0.869. The number of rotatable bonds is 6. The molecule has 0 amide bonds. The van der Waals surface area contributed by atoms with Gasteiger partial charge in [0.05, 0.1) is 24.2 Å². The fourth-order valence-corrected chi connectivity index (χ4v) is 1.82. The third-order valence-electron chi connectivity index (χ3n) is 2.71. The molecule has 4 heteroatoms. The Bertz CT molecular complexity index is 538. The molecule has 0 bridgehead atoms. The fraction of sp³-hybridized carbons (Fsp3) is 0.375. The molecule has 0 unspecified atom stereocenters. The van der Waals surface area contributed by atoms with Crippen molar-refractivity contribution in [2.24, 2.45) is 0 Å². The SMILES string of the molecule is CCCNc1cncc(-c2ccc(OC(C)C)cc2)n1. The highest BCUT2D eigenvalue weighted by atomic mass is 16.5. The summed E-state index contributed by atoms with van der Waals surface area (Å²) in [6, 6.07) is 7.93. The number of anilines is 1. The second-order valence-electron chi connectivity index (χ2n) is 4.91. The fourth-order valence-electron chi connectivity index (χ4n) is 1.82. The Balaban J connectivity index is 2.14. The lowest BCUT2D eigenvalue weighted by Crippen LogP contribution is -2.05. The normalized spacial score (nSPS) is 10.6. The third kappa shape index (κ3) is 3.95. The molecule has 0 atom stereocenters. The standard InChI is InChI=1S/C16H21N3O/c1-4-9-18-16-11-17-10-15(19-16)13-5-7-14(8-6-13)20-12(2)3/h5-8,10-12H,4,9H2,1-3H3,(H,18,19). The number of ether oxygens (including phenoxy) is 1. The number of aromatic nitrogens is 2. The maximum atomic E-state index is 5.63. The van der Waals surface area contributed by atoms with Crippen molar-refractivity contribution in [1.29, 1.82) is 0 Å². The molecule has 4 nitrogen and oxygen atoms in total. The van der Waals surface area contributed by atoms with Crippen molar-refractivity contribution in [2.75, 3.05) is 11.9 Å². The van der Waals surface area contributed by atoms with E-state index in [1.165, 1.54) is 0 Å². The van der Waals surface area contributed by atoms with Crippen LogP contribution in [-0.2, 0) is 0 Å². The zero-order chi connectivity index (χ0) is 14.4. The van der Waals surface area contributed by atoms with Gasteiger partial charge in [0, 0.05) is 12.1 Å². The Hall–Kier alpha value is -2.10. The molecule has 1 aromatic carbocycles. The van der Waals surface area contributed by atoms with E-state index < -0.39 is 0 Å². The van der Waals surface area contributed by atoms with E-state index in [4.69, 9.17) is 4.74 Å². The monoisotopic (exact) mass is 271 g/mol. The summed E-state index contributed by atoms with van der Waals surface area (Å²) >= 11 is 0. The van der Waals surface area contributed by atoms with Crippen molar-refractivity contribution >= 4 is 5.82 Å². The number of nitrogens with zero attached hydrogens (tertiary/aromatic N) is 2. The smallest absolute Gasteiger partial charge is 0.145 e. The third-order valence-corrected chi connectivity index (χ3v) is 2.71. The first-order valence-corrected chi connectivity index (χ1v) is 7.02. The molecule has 0 radical (unpaired) electrons. The molecule has 2 aromatic rings. The highest BCUT2D eigenvalue weighted by Crippen LogP contribution is 2.21. The van der Waals surface area contributed by atoms with Crippen LogP contribution in [0.4, 0.5) is 5.82 Å². The summed E-state index contributed by atoms with van der Waals surface area (Å²) in [5.74, 6) is 1.68. The Morgan fingerprint density at radius 2 is 1.90 bits per heavy atom. The summed E-state index contributed by atoms with van der Waals surface area (Å²) in [5, 5.41) is 3.24. The minimum Gasteiger partial charge on any atom is -0.491 e. The maximum Gasteiger partial charge on any atom is 0.145 e. The minimum absolute atomic E-state index is 0.183. The molecule has 0 fully saturated rings. The molecule has 0 saturated carbocycles. The van der Waals surface area contributed by atoms with Crippen LogP contribution >= 0.6 is 0 Å². The molecule has 1 heterocycles. The molecule has 0 aliphatic rings. The van der Waals surface area contributed by atoms with Crippen LogP contribution < -0.4 is 10.1 Å². The Kier molecular flexibility index (Phi) is 4.93. The molecule has 0 saturated heterocycles. The van der Waals surface area contributed by atoms with E-state index in [-0.39, 0.29) is 6.10 Å². The first-order valence-electron chi connectivity index (χ1n) is 7.02. The molecule has 20 heavy (non-hydrogen) atoms. The molecule has 2 rings (SSSR count). The summed E-state index contributed by atoms with van der Waals surface area (Å²) < 4.78 is 5.63. The van der Waals surface area contributed by atoms with E-state index in [1.807, 2.05) is 38.1 Å². The van der Waals surface area contributed by atoms with Gasteiger partial charge in [-0.15, -0.1) is 0 Å². The highest BCUT2D eigenvalue weighted by molar-refractivity contribution is 5.60. The van der Waals surface area contributed by atoms with Gasteiger partial charge >= 0.3 is 0 Å². The molecular formula is C16H21N3O. The zero-order valence-corrected chi connectivity index (χ0v) is 12.3. The van der Waals surface area contributed by atoms with E-state index in [0.717, 1.165) is 35.8 Å². The Morgan fingerprint density at radius 1 is 1.15 bits per heavy atom. The maximum absolute atomic E-state index is 5.63.